The summed E-state index contributed by atoms with van der Waals surface area (Å²) in [4.78, 5) is 13.9. The third kappa shape index (κ3) is 2.09. The largest absolute Gasteiger partial charge is 0.461 e. The fourth-order valence-electron chi connectivity index (χ4n) is 1.39. The molecule has 0 fully saturated rings. The van der Waals surface area contributed by atoms with Crippen molar-refractivity contribution in [1.29, 1.82) is 0 Å². The van der Waals surface area contributed by atoms with Crippen LogP contribution in [0.1, 0.15) is 41.1 Å². The van der Waals surface area contributed by atoms with Crippen LogP contribution in [0.2, 0.25) is 0 Å². The van der Waals surface area contributed by atoms with E-state index < -0.39 is 0 Å². The second kappa shape index (κ2) is 3.91. The van der Waals surface area contributed by atoms with E-state index in [9.17, 15) is 4.79 Å². The summed E-state index contributed by atoms with van der Waals surface area (Å²) in [5.41, 5.74) is 0.0896. The van der Waals surface area contributed by atoms with Crippen molar-refractivity contribution < 1.29 is 9.21 Å². The second-order valence-corrected chi connectivity index (χ2v) is 5.80. The molecule has 0 aliphatic heterocycles. The highest BCUT2D eigenvalue weighted by molar-refractivity contribution is 7.14. The fraction of sp³-hybridized carbons (Fsp3) is 0.308. The van der Waals surface area contributed by atoms with Crippen LogP contribution >= 0.6 is 11.3 Å². The molecule has 0 aliphatic carbocycles. The lowest BCUT2D eigenvalue weighted by atomic mass is 9.95. The van der Waals surface area contributed by atoms with Crippen LogP contribution in [0.25, 0.3) is 0 Å². The molecule has 2 rings (SSSR count). The molecule has 3 heteroatoms. The minimum Gasteiger partial charge on any atom is -0.461 e. The maximum atomic E-state index is 12.0. The molecular formula is C13H14O2S. The van der Waals surface area contributed by atoms with Crippen LogP contribution in [0, 0.1) is 0 Å². The molecule has 84 valence electrons. The Morgan fingerprint density at radius 2 is 2.00 bits per heavy atom. The van der Waals surface area contributed by atoms with Gasteiger partial charge in [0.25, 0.3) is 0 Å². The Balaban J connectivity index is 2.30. The molecule has 0 aromatic carbocycles. The van der Waals surface area contributed by atoms with Gasteiger partial charge in [-0.25, -0.2) is 0 Å². The van der Waals surface area contributed by atoms with E-state index in [1.165, 1.54) is 22.5 Å². The average Bonchev–Trinajstić information content (AvgIpc) is 2.87. The zero-order valence-electron chi connectivity index (χ0n) is 9.61. The number of carbonyl (C=O) groups excluding carboxylic acids is 1. The van der Waals surface area contributed by atoms with Crippen molar-refractivity contribution >= 4 is 17.1 Å². The number of hydrogen-bond acceptors (Lipinski definition) is 3. The Morgan fingerprint density at radius 1 is 1.25 bits per heavy atom. The minimum atomic E-state index is -0.0366. The van der Waals surface area contributed by atoms with E-state index in [2.05, 4.69) is 20.8 Å². The number of ketones is 1. The molecule has 0 amide bonds. The Morgan fingerprint density at radius 3 is 2.50 bits per heavy atom. The Kier molecular flexibility index (Phi) is 2.72. The molecule has 0 spiro atoms. The average molecular weight is 234 g/mol. The lowest BCUT2D eigenvalue weighted by Gasteiger charge is -2.15. The van der Waals surface area contributed by atoms with Crippen LogP contribution < -0.4 is 0 Å². The van der Waals surface area contributed by atoms with Crippen molar-refractivity contribution in [2.24, 2.45) is 0 Å². The summed E-state index contributed by atoms with van der Waals surface area (Å²) < 4.78 is 5.10. The van der Waals surface area contributed by atoms with E-state index in [-0.39, 0.29) is 11.2 Å². The van der Waals surface area contributed by atoms with Gasteiger partial charge in [0.2, 0.25) is 5.78 Å². The van der Waals surface area contributed by atoms with Gasteiger partial charge in [-0.05, 0) is 29.7 Å². The molecular weight excluding hydrogens is 220 g/mol. The van der Waals surface area contributed by atoms with Gasteiger partial charge in [-0.3, -0.25) is 4.79 Å². The molecule has 2 aromatic heterocycles. The highest BCUT2D eigenvalue weighted by Crippen LogP contribution is 2.30. The van der Waals surface area contributed by atoms with E-state index in [0.29, 0.717) is 5.76 Å². The minimum absolute atomic E-state index is 0.0366. The summed E-state index contributed by atoms with van der Waals surface area (Å²) in [5, 5.41) is 0. The van der Waals surface area contributed by atoms with Crippen molar-refractivity contribution in [3.8, 4) is 0 Å². The number of rotatable bonds is 2. The van der Waals surface area contributed by atoms with Crippen molar-refractivity contribution in [3.05, 3.63) is 46.0 Å². The summed E-state index contributed by atoms with van der Waals surface area (Å²) in [7, 11) is 0. The van der Waals surface area contributed by atoms with Gasteiger partial charge in [-0.2, -0.15) is 0 Å². The molecule has 0 atom stereocenters. The standard InChI is InChI=1S/C13H14O2S/c1-13(2,3)11-7-6-10(16-11)12(14)9-5-4-8-15-9/h4-8H,1-3H3. The fourth-order valence-corrected chi connectivity index (χ4v) is 2.40. The zero-order chi connectivity index (χ0) is 11.8. The zero-order valence-corrected chi connectivity index (χ0v) is 10.4. The molecule has 0 saturated carbocycles. The summed E-state index contributed by atoms with van der Waals surface area (Å²) in [6.07, 6.45) is 1.52. The predicted molar refractivity (Wildman–Crippen MR) is 65.2 cm³/mol. The number of carbonyl (C=O) groups is 1. The molecule has 16 heavy (non-hydrogen) atoms. The second-order valence-electron chi connectivity index (χ2n) is 4.72. The highest BCUT2D eigenvalue weighted by atomic mass is 32.1. The molecule has 0 N–H and O–H groups in total. The maximum Gasteiger partial charge on any atom is 0.238 e. The van der Waals surface area contributed by atoms with Gasteiger partial charge >= 0.3 is 0 Å². The van der Waals surface area contributed by atoms with Crippen molar-refractivity contribution in [1.82, 2.24) is 0 Å². The third-order valence-corrected chi connectivity index (χ3v) is 3.82. The smallest absolute Gasteiger partial charge is 0.238 e. The Labute approximate surface area is 98.9 Å². The predicted octanol–water partition coefficient (Wildman–Crippen LogP) is 3.87. The van der Waals surface area contributed by atoms with Gasteiger partial charge in [0, 0.05) is 4.88 Å². The topological polar surface area (TPSA) is 30.2 Å². The van der Waals surface area contributed by atoms with Crippen LogP contribution in [0.15, 0.2) is 34.9 Å². The number of furan rings is 1. The summed E-state index contributed by atoms with van der Waals surface area (Å²) in [6.45, 7) is 6.42. The first-order chi connectivity index (χ1) is 7.48. The third-order valence-electron chi connectivity index (χ3n) is 2.31. The molecule has 2 aromatic rings. The summed E-state index contributed by atoms with van der Waals surface area (Å²) in [6, 6.07) is 7.31. The van der Waals surface area contributed by atoms with Gasteiger partial charge in [0.05, 0.1) is 11.1 Å². The van der Waals surface area contributed by atoms with Gasteiger partial charge in [0.15, 0.2) is 5.76 Å². The lowest BCUT2D eigenvalue weighted by Crippen LogP contribution is -2.07. The van der Waals surface area contributed by atoms with E-state index >= 15 is 0 Å². The van der Waals surface area contributed by atoms with Crippen LogP contribution in [-0.4, -0.2) is 5.78 Å². The van der Waals surface area contributed by atoms with Crippen LogP contribution in [0.4, 0.5) is 0 Å². The van der Waals surface area contributed by atoms with E-state index in [0.717, 1.165) is 4.88 Å². The molecule has 0 radical (unpaired) electrons. The van der Waals surface area contributed by atoms with Crippen molar-refractivity contribution in [2.75, 3.05) is 0 Å². The lowest BCUT2D eigenvalue weighted by molar-refractivity contribution is 0.101. The monoisotopic (exact) mass is 234 g/mol. The van der Waals surface area contributed by atoms with Gasteiger partial charge < -0.3 is 4.42 Å². The summed E-state index contributed by atoms with van der Waals surface area (Å²) >= 11 is 1.54. The SMILES string of the molecule is CC(C)(C)c1ccc(C(=O)c2ccco2)s1. The van der Waals surface area contributed by atoms with Crippen molar-refractivity contribution in [3.63, 3.8) is 0 Å². The summed E-state index contributed by atoms with van der Waals surface area (Å²) in [5.74, 6) is 0.368. The van der Waals surface area contributed by atoms with Gasteiger partial charge in [-0.15, -0.1) is 11.3 Å². The Hall–Kier alpha value is -1.35. The maximum absolute atomic E-state index is 12.0. The normalized spacial score (nSPS) is 11.7. The first kappa shape index (κ1) is 11.1. The molecule has 2 heterocycles. The van der Waals surface area contributed by atoms with E-state index in [1.54, 1.807) is 12.1 Å². The molecule has 0 aliphatic rings. The Bertz CT molecular complexity index is 486. The molecule has 0 saturated heterocycles. The first-order valence-electron chi connectivity index (χ1n) is 5.17. The van der Waals surface area contributed by atoms with Crippen LogP contribution in [-0.2, 0) is 5.41 Å². The van der Waals surface area contributed by atoms with Crippen molar-refractivity contribution in [2.45, 2.75) is 26.2 Å². The molecule has 2 nitrogen and oxygen atoms in total. The molecule has 0 bridgehead atoms. The quantitative estimate of drug-likeness (QED) is 0.738. The molecule has 0 unspecified atom stereocenters. The number of thiophene rings is 1. The number of hydrogen-bond donors (Lipinski definition) is 0. The van der Waals surface area contributed by atoms with Crippen LogP contribution in [0.3, 0.4) is 0 Å². The van der Waals surface area contributed by atoms with Crippen LogP contribution in [0.5, 0.6) is 0 Å². The van der Waals surface area contributed by atoms with Gasteiger partial charge in [0.1, 0.15) is 0 Å². The van der Waals surface area contributed by atoms with E-state index in [1.807, 2.05) is 12.1 Å². The van der Waals surface area contributed by atoms with E-state index in [4.69, 9.17) is 4.42 Å². The highest BCUT2D eigenvalue weighted by Gasteiger charge is 2.20. The van der Waals surface area contributed by atoms with Gasteiger partial charge in [-0.1, -0.05) is 20.8 Å². The first-order valence-corrected chi connectivity index (χ1v) is 5.98.